The van der Waals surface area contributed by atoms with E-state index in [0.717, 1.165) is 17.8 Å². The van der Waals surface area contributed by atoms with Crippen LogP contribution in [0, 0.1) is 17.8 Å². The van der Waals surface area contributed by atoms with Crippen molar-refractivity contribution in [2.24, 2.45) is 17.8 Å². The number of benzene rings is 5. The van der Waals surface area contributed by atoms with E-state index >= 15 is 0 Å². The lowest BCUT2D eigenvalue weighted by molar-refractivity contribution is 0.000557. The predicted octanol–water partition coefficient (Wildman–Crippen LogP) is 10.3. The van der Waals surface area contributed by atoms with Gasteiger partial charge in [-0.15, -0.1) is 0 Å². The molecule has 9 rings (SSSR count). The largest absolute Gasteiger partial charge is 0.335 e. The molecule has 0 atom stereocenters. The molecule has 1 heteroatoms. The Kier molecular flexibility index (Phi) is 5.40. The Labute approximate surface area is 232 Å². The number of nitrogens with zero attached hydrogens (tertiary/aromatic N) is 1. The third-order valence-electron chi connectivity index (χ3n) is 9.92. The van der Waals surface area contributed by atoms with Gasteiger partial charge in [-0.25, -0.2) is 0 Å². The minimum absolute atomic E-state index is 0.272. The number of rotatable bonds is 5. The first-order valence-electron chi connectivity index (χ1n) is 14.8. The molecule has 1 nitrogen and oxygen atoms in total. The van der Waals surface area contributed by atoms with Crippen LogP contribution in [0.25, 0.3) is 33.0 Å². The molecule has 0 radical (unpaired) electrons. The summed E-state index contributed by atoms with van der Waals surface area (Å²) in [4.78, 5) is 2.74. The SMILES string of the molecule is c1ccc(-c2cccc3cc(-c4ccc(N(c5ccccc5)C56CC7CC(CC(C7)C5)C6)cc4)ccc23)cc1. The van der Waals surface area contributed by atoms with Crippen molar-refractivity contribution in [1.82, 2.24) is 0 Å². The Hall–Kier alpha value is -3.84. The highest BCUT2D eigenvalue weighted by Gasteiger charge is 2.54. The summed E-state index contributed by atoms with van der Waals surface area (Å²) < 4.78 is 0. The molecule has 4 fully saturated rings. The molecular formula is C38H35N. The van der Waals surface area contributed by atoms with Gasteiger partial charge in [0.05, 0.1) is 0 Å². The zero-order valence-corrected chi connectivity index (χ0v) is 22.5. The van der Waals surface area contributed by atoms with Gasteiger partial charge in [-0.1, -0.05) is 91.0 Å². The van der Waals surface area contributed by atoms with Crippen molar-refractivity contribution in [2.75, 3.05) is 4.90 Å². The average molecular weight is 506 g/mol. The highest BCUT2D eigenvalue weighted by Crippen LogP contribution is 2.59. The maximum absolute atomic E-state index is 2.74. The molecule has 0 saturated heterocycles. The van der Waals surface area contributed by atoms with Crippen LogP contribution in [0.15, 0.2) is 121 Å². The molecule has 0 N–H and O–H groups in total. The first kappa shape index (κ1) is 23.1. The molecule has 0 aromatic heterocycles. The molecule has 192 valence electrons. The number of hydrogen-bond donors (Lipinski definition) is 0. The third-order valence-corrected chi connectivity index (χ3v) is 9.92. The van der Waals surface area contributed by atoms with Crippen LogP contribution in [-0.4, -0.2) is 5.54 Å². The highest BCUT2D eigenvalue weighted by atomic mass is 15.2. The molecule has 4 aliphatic carbocycles. The topological polar surface area (TPSA) is 3.24 Å². The van der Waals surface area contributed by atoms with Crippen LogP contribution < -0.4 is 4.90 Å². The smallest absolute Gasteiger partial charge is 0.0459 e. The Morgan fingerprint density at radius 1 is 0.487 bits per heavy atom. The number of para-hydroxylation sites is 1. The van der Waals surface area contributed by atoms with Crippen molar-refractivity contribution in [3.8, 4) is 22.3 Å². The van der Waals surface area contributed by atoms with E-state index in [9.17, 15) is 0 Å². The van der Waals surface area contributed by atoms with Crippen molar-refractivity contribution in [3.63, 3.8) is 0 Å². The monoisotopic (exact) mass is 505 g/mol. The average Bonchev–Trinajstić information content (AvgIpc) is 2.97. The van der Waals surface area contributed by atoms with Gasteiger partial charge in [0, 0.05) is 16.9 Å². The molecule has 0 unspecified atom stereocenters. The second-order valence-corrected chi connectivity index (χ2v) is 12.5. The summed E-state index contributed by atoms with van der Waals surface area (Å²) >= 11 is 0. The first-order chi connectivity index (χ1) is 19.2. The summed E-state index contributed by atoms with van der Waals surface area (Å²) in [6.07, 6.45) is 8.45. The van der Waals surface area contributed by atoms with Gasteiger partial charge in [-0.3, -0.25) is 0 Å². The van der Waals surface area contributed by atoms with Crippen LogP contribution in [0.4, 0.5) is 11.4 Å². The van der Waals surface area contributed by atoms with Crippen molar-refractivity contribution in [2.45, 2.75) is 44.1 Å². The fraction of sp³-hybridized carbons (Fsp3) is 0.263. The second-order valence-electron chi connectivity index (χ2n) is 12.5. The van der Waals surface area contributed by atoms with Gasteiger partial charge >= 0.3 is 0 Å². The molecule has 0 heterocycles. The fourth-order valence-corrected chi connectivity index (χ4v) is 8.75. The standard InChI is InChI=1S/C38H35N/c1-3-8-31(9-4-1)36-13-7-10-33-23-32(16-19-37(33)36)30-14-17-35(18-15-30)39(34-11-5-2-6-12-34)38-24-27-20-28(25-38)22-29(21-27)26-38/h1-19,23,27-29H,20-22,24-26H2. The van der Waals surface area contributed by atoms with Crippen LogP contribution in [-0.2, 0) is 0 Å². The van der Waals surface area contributed by atoms with E-state index in [1.165, 1.54) is 82.9 Å². The Morgan fingerprint density at radius 3 is 1.74 bits per heavy atom. The summed E-state index contributed by atoms with van der Waals surface area (Å²) in [5, 5.41) is 2.60. The summed E-state index contributed by atoms with van der Waals surface area (Å²) in [6, 6.07) is 44.9. The summed E-state index contributed by atoms with van der Waals surface area (Å²) in [7, 11) is 0. The number of anilines is 2. The van der Waals surface area contributed by atoms with E-state index in [4.69, 9.17) is 0 Å². The minimum atomic E-state index is 0.272. The van der Waals surface area contributed by atoms with Crippen molar-refractivity contribution < 1.29 is 0 Å². The predicted molar refractivity (Wildman–Crippen MR) is 164 cm³/mol. The summed E-state index contributed by atoms with van der Waals surface area (Å²) in [5.74, 6) is 2.75. The highest BCUT2D eigenvalue weighted by molar-refractivity contribution is 5.98. The van der Waals surface area contributed by atoms with Crippen LogP contribution in [0.5, 0.6) is 0 Å². The van der Waals surface area contributed by atoms with Crippen molar-refractivity contribution >= 4 is 22.1 Å². The minimum Gasteiger partial charge on any atom is -0.335 e. The molecule has 0 amide bonds. The lowest BCUT2D eigenvalue weighted by Crippen LogP contribution is -2.58. The zero-order valence-electron chi connectivity index (χ0n) is 22.5. The first-order valence-corrected chi connectivity index (χ1v) is 14.8. The molecule has 5 aromatic rings. The van der Waals surface area contributed by atoms with Gasteiger partial charge < -0.3 is 4.90 Å². The Bertz CT molecular complexity index is 1580. The molecule has 4 bridgehead atoms. The van der Waals surface area contributed by atoms with E-state index in [1.807, 2.05) is 0 Å². The van der Waals surface area contributed by atoms with Crippen LogP contribution in [0.1, 0.15) is 38.5 Å². The maximum Gasteiger partial charge on any atom is 0.0459 e. The van der Waals surface area contributed by atoms with E-state index in [2.05, 4.69) is 126 Å². The molecule has 5 aromatic carbocycles. The van der Waals surface area contributed by atoms with Gasteiger partial charge in [-0.05, 0) is 120 Å². The van der Waals surface area contributed by atoms with E-state index in [0.29, 0.717) is 0 Å². The van der Waals surface area contributed by atoms with E-state index < -0.39 is 0 Å². The van der Waals surface area contributed by atoms with Gasteiger partial charge in [0.1, 0.15) is 0 Å². The molecule has 0 aliphatic heterocycles. The molecule has 39 heavy (non-hydrogen) atoms. The third kappa shape index (κ3) is 3.98. The van der Waals surface area contributed by atoms with Gasteiger partial charge in [0.25, 0.3) is 0 Å². The summed E-state index contributed by atoms with van der Waals surface area (Å²) in [6.45, 7) is 0. The maximum atomic E-state index is 2.74. The van der Waals surface area contributed by atoms with E-state index in [-0.39, 0.29) is 5.54 Å². The lowest BCUT2D eigenvalue weighted by Gasteiger charge is -2.61. The normalized spacial score (nSPS) is 25.2. The summed E-state index contributed by atoms with van der Waals surface area (Å²) in [5.41, 5.74) is 8.10. The second kappa shape index (κ2) is 9.12. The molecule has 0 spiro atoms. The Morgan fingerprint density at radius 2 is 1.08 bits per heavy atom. The molecular weight excluding hydrogens is 470 g/mol. The Balaban J connectivity index is 1.16. The molecule has 4 saturated carbocycles. The van der Waals surface area contributed by atoms with Gasteiger partial charge in [-0.2, -0.15) is 0 Å². The van der Waals surface area contributed by atoms with Gasteiger partial charge in [0.2, 0.25) is 0 Å². The van der Waals surface area contributed by atoms with Crippen LogP contribution in [0.3, 0.4) is 0 Å². The van der Waals surface area contributed by atoms with Gasteiger partial charge in [0.15, 0.2) is 0 Å². The molecule has 4 aliphatic rings. The number of hydrogen-bond acceptors (Lipinski definition) is 1. The lowest BCUT2D eigenvalue weighted by atomic mass is 9.52. The van der Waals surface area contributed by atoms with Crippen LogP contribution >= 0.6 is 0 Å². The number of fused-ring (bicyclic) bond motifs is 1. The quantitative estimate of drug-likeness (QED) is 0.230. The van der Waals surface area contributed by atoms with E-state index in [1.54, 1.807) is 0 Å². The van der Waals surface area contributed by atoms with Crippen LogP contribution in [0.2, 0.25) is 0 Å². The van der Waals surface area contributed by atoms with Crippen molar-refractivity contribution in [3.05, 3.63) is 121 Å². The van der Waals surface area contributed by atoms with Crippen molar-refractivity contribution in [1.29, 1.82) is 0 Å². The fourth-order valence-electron chi connectivity index (χ4n) is 8.75. The zero-order chi connectivity index (χ0) is 25.8.